The third kappa shape index (κ3) is 1.08. The number of hydrogen-bond donors (Lipinski definition) is 1. The molecule has 1 aliphatic carbocycles. The van der Waals surface area contributed by atoms with Gasteiger partial charge in [0.1, 0.15) is 5.54 Å². The summed E-state index contributed by atoms with van der Waals surface area (Å²) in [6, 6.07) is 7.81. The quantitative estimate of drug-likeness (QED) is 0.788. The molecule has 1 aromatic carbocycles. The van der Waals surface area contributed by atoms with Gasteiger partial charge in [0.2, 0.25) is 5.91 Å². The minimum atomic E-state index is -0.543. The third-order valence-electron chi connectivity index (χ3n) is 3.03. The molecule has 1 aliphatic rings. The van der Waals surface area contributed by atoms with E-state index in [1.165, 1.54) is 0 Å². The van der Waals surface area contributed by atoms with Gasteiger partial charge in [0.15, 0.2) is 0 Å². The molecule has 4 heteroatoms. The monoisotopic (exact) mass is 201 g/mol. The number of nitrogens with two attached hydrogens (primary N) is 1. The SMILES string of the molecule is NC(=O)C1(n2cc3ccccc3n2)CC1. The first-order valence-electron chi connectivity index (χ1n) is 4.97. The van der Waals surface area contributed by atoms with Crippen LogP contribution < -0.4 is 5.73 Å². The van der Waals surface area contributed by atoms with Gasteiger partial charge < -0.3 is 5.73 Å². The first-order valence-corrected chi connectivity index (χ1v) is 4.97. The van der Waals surface area contributed by atoms with Gasteiger partial charge in [-0.25, -0.2) is 0 Å². The molecule has 0 radical (unpaired) electrons. The van der Waals surface area contributed by atoms with Crippen LogP contribution in [0, 0.1) is 0 Å². The third-order valence-corrected chi connectivity index (χ3v) is 3.03. The van der Waals surface area contributed by atoms with E-state index in [4.69, 9.17) is 5.73 Å². The number of carbonyl (C=O) groups excluding carboxylic acids is 1. The molecule has 1 fully saturated rings. The summed E-state index contributed by atoms with van der Waals surface area (Å²) < 4.78 is 1.72. The molecule has 0 bridgehead atoms. The van der Waals surface area contributed by atoms with Gasteiger partial charge in [-0.05, 0) is 18.9 Å². The Morgan fingerprint density at radius 2 is 2.13 bits per heavy atom. The molecule has 1 heterocycles. The van der Waals surface area contributed by atoms with Crippen LogP contribution in [0.1, 0.15) is 12.8 Å². The Morgan fingerprint density at radius 1 is 1.40 bits per heavy atom. The van der Waals surface area contributed by atoms with Gasteiger partial charge >= 0.3 is 0 Å². The molecule has 1 saturated carbocycles. The van der Waals surface area contributed by atoms with Crippen molar-refractivity contribution in [1.29, 1.82) is 0 Å². The van der Waals surface area contributed by atoms with Gasteiger partial charge in [-0.2, -0.15) is 5.10 Å². The van der Waals surface area contributed by atoms with Crippen molar-refractivity contribution in [1.82, 2.24) is 9.78 Å². The van der Waals surface area contributed by atoms with E-state index in [0.717, 1.165) is 23.7 Å². The highest BCUT2D eigenvalue weighted by Gasteiger charge is 2.51. The average molecular weight is 201 g/mol. The Balaban J connectivity index is 2.17. The number of nitrogens with zero attached hydrogens (tertiary/aromatic N) is 2. The zero-order valence-electron chi connectivity index (χ0n) is 8.18. The molecule has 1 aromatic heterocycles. The molecule has 0 spiro atoms. The molecule has 2 aromatic rings. The van der Waals surface area contributed by atoms with Crippen LogP contribution in [-0.4, -0.2) is 15.7 Å². The van der Waals surface area contributed by atoms with Crippen molar-refractivity contribution in [2.75, 3.05) is 0 Å². The van der Waals surface area contributed by atoms with E-state index in [2.05, 4.69) is 5.10 Å². The minimum absolute atomic E-state index is 0.282. The number of primary amides is 1. The topological polar surface area (TPSA) is 60.9 Å². The molecule has 76 valence electrons. The van der Waals surface area contributed by atoms with Crippen molar-refractivity contribution in [2.45, 2.75) is 18.4 Å². The summed E-state index contributed by atoms with van der Waals surface area (Å²) in [6.07, 6.45) is 3.50. The Labute approximate surface area is 86.7 Å². The Bertz CT molecular complexity index is 507. The molecule has 0 unspecified atom stereocenters. The average Bonchev–Trinajstić information content (AvgIpc) is 2.93. The lowest BCUT2D eigenvalue weighted by Crippen LogP contribution is -2.34. The predicted molar refractivity (Wildman–Crippen MR) is 56.1 cm³/mol. The Morgan fingerprint density at radius 3 is 2.73 bits per heavy atom. The number of benzene rings is 1. The molecular weight excluding hydrogens is 190 g/mol. The standard InChI is InChI=1S/C11H11N3O/c12-10(15)11(5-6-11)14-7-8-3-1-2-4-9(8)13-14/h1-4,7H,5-6H2,(H2,12,15). The van der Waals surface area contributed by atoms with E-state index >= 15 is 0 Å². The summed E-state index contributed by atoms with van der Waals surface area (Å²) in [5.74, 6) is -0.282. The summed E-state index contributed by atoms with van der Waals surface area (Å²) in [5.41, 5.74) is 5.75. The first-order chi connectivity index (χ1) is 7.22. The van der Waals surface area contributed by atoms with Crippen molar-refractivity contribution in [3.63, 3.8) is 0 Å². The number of fused-ring (bicyclic) bond motifs is 1. The fourth-order valence-electron chi connectivity index (χ4n) is 1.89. The number of amides is 1. The van der Waals surface area contributed by atoms with Gasteiger partial charge in [-0.1, -0.05) is 18.2 Å². The maximum atomic E-state index is 11.3. The van der Waals surface area contributed by atoms with Crippen molar-refractivity contribution in [3.05, 3.63) is 30.5 Å². The highest BCUT2D eigenvalue weighted by atomic mass is 16.2. The van der Waals surface area contributed by atoms with Crippen LogP contribution in [0.4, 0.5) is 0 Å². The smallest absolute Gasteiger partial charge is 0.245 e. The zero-order chi connectivity index (χ0) is 10.5. The van der Waals surface area contributed by atoms with Crippen molar-refractivity contribution >= 4 is 16.8 Å². The van der Waals surface area contributed by atoms with Gasteiger partial charge in [-0.3, -0.25) is 9.48 Å². The second-order valence-electron chi connectivity index (χ2n) is 4.03. The maximum Gasteiger partial charge on any atom is 0.245 e. The predicted octanol–water partition coefficient (Wildman–Crippen LogP) is 1.01. The number of aromatic nitrogens is 2. The second-order valence-corrected chi connectivity index (χ2v) is 4.03. The number of rotatable bonds is 2. The van der Waals surface area contributed by atoms with Crippen LogP contribution in [0.5, 0.6) is 0 Å². The molecule has 1 amide bonds. The molecule has 15 heavy (non-hydrogen) atoms. The molecular formula is C11H11N3O. The van der Waals surface area contributed by atoms with Gasteiger partial charge in [0.25, 0.3) is 0 Å². The van der Waals surface area contributed by atoms with Gasteiger partial charge in [-0.15, -0.1) is 0 Å². The minimum Gasteiger partial charge on any atom is -0.368 e. The van der Waals surface area contributed by atoms with E-state index in [1.54, 1.807) is 4.68 Å². The molecule has 3 rings (SSSR count). The maximum absolute atomic E-state index is 11.3. The molecule has 0 atom stereocenters. The molecule has 0 saturated heterocycles. The van der Waals surface area contributed by atoms with E-state index < -0.39 is 5.54 Å². The first kappa shape index (κ1) is 8.47. The Kier molecular flexibility index (Phi) is 1.46. The van der Waals surface area contributed by atoms with Crippen LogP contribution in [0.15, 0.2) is 30.5 Å². The zero-order valence-corrected chi connectivity index (χ0v) is 8.18. The second kappa shape index (κ2) is 2.59. The molecule has 0 aliphatic heterocycles. The fourth-order valence-corrected chi connectivity index (χ4v) is 1.89. The summed E-state index contributed by atoms with van der Waals surface area (Å²) >= 11 is 0. The van der Waals surface area contributed by atoms with Crippen molar-refractivity contribution in [2.24, 2.45) is 5.73 Å². The highest BCUT2D eigenvalue weighted by Crippen LogP contribution is 2.43. The van der Waals surface area contributed by atoms with Crippen molar-refractivity contribution < 1.29 is 4.79 Å². The lowest BCUT2D eigenvalue weighted by Gasteiger charge is -2.10. The lowest BCUT2D eigenvalue weighted by molar-refractivity contribution is -0.122. The molecule has 2 N–H and O–H groups in total. The van der Waals surface area contributed by atoms with Crippen LogP contribution in [0.2, 0.25) is 0 Å². The van der Waals surface area contributed by atoms with Gasteiger partial charge in [0, 0.05) is 11.6 Å². The van der Waals surface area contributed by atoms with Crippen molar-refractivity contribution in [3.8, 4) is 0 Å². The number of carbonyl (C=O) groups is 1. The van der Waals surface area contributed by atoms with E-state index in [9.17, 15) is 4.79 Å². The molecule has 4 nitrogen and oxygen atoms in total. The summed E-state index contributed by atoms with van der Waals surface area (Å²) in [4.78, 5) is 11.3. The normalized spacial score (nSPS) is 17.9. The highest BCUT2D eigenvalue weighted by molar-refractivity contribution is 5.86. The fraction of sp³-hybridized carbons (Fsp3) is 0.273. The van der Waals surface area contributed by atoms with E-state index in [-0.39, 0.29) is 5.91 Å². The van der Waals surface area contributed by atoms with Crippen LogP contribution >= 0.6 is 0 Å². The van der Waals surface area contributed by atoms with Crippen LogP contribution in [-0.2, 0) is 10.3 Å². The van der Waals surface area contributed by atoms with Crippen LogP contribution in [0.3, 0.4) is 0 Å². The summed E-state index contributed by atoms with van der Waals surface area (Å²) in [7, 11) is 0. The van der Waals surface area contributed by atoms with E-state index in [1.807, 2.05) is 30.5 Å². The van der Waals surface area contributed by atoms with E-state index in [0.29, 0.717) is 0 Å². The summed E-state index contributed by atoms with van der Waals surface area (Å²) in [6.45, 7) is 0. The van der Waals surface area contributed by atoms with Gasteiger partial charge in [0.05, 0.1) is 5.52 Å². The number of hydrogen-bond acceptors (Lipinski definition) is 2. The summed E-state index contributed by atoms with van der Waals surface area (Å²) in [5, 5.41) is 5.43. The largest absolute Gasteiger partial charge is 0.368 e. The lowest BCUT2D eigenvalue weighted by atomic mass is 10.2. The Hall–Kier alpha value is -1.84. The van der Waals surface area contributed by atoms with Crippen LogP contribution in [0.25, 0.3) is 10.9 Å².